The van der Waals surface area contributed by atoms with Crippen molar-refractivity contribution in [3.05, 3.63) is 29.0 Å². The SMILES string of the molecule is CCCC[C@@H](CC)CNC(=O)C(=O)Nc1ccc(F)c(Cl)c1. The molecule has 0 aliphatic heterocycles. The Hall–Kier alpha value is -1.62. The molecule has 0 saturated heterocycles. The standard InChI is InChI=1S/C16H22ClFN2O2/c1-3-5-6-11(4-2)10-19-15(21)16(22)20-12-7-8-14(18)13(17)9-12/h7-9,11H,3-6,10H2,1-2H3,(H,19,21)(H,20,22)/t11-/m1/s1. The number of rotatable bonds is 7. The van der Waals surface area contributed by atoms with E-state index in [4.69, 9.17) is 11.6 Å². The third kappa shape index (κ3) is 6.02. The van der Waals surface area contributed by atoms with Crippen LogP contribution in [0.4, 0.5) is 10.1 Å². The number of unbranched alkanes of at least 4 members (excludes halogenated alkanes) is 1. The van der Waals surface area contributed by atoms with Gasteiger partial charge in [-0.15, -0.1) is 0 Å². The Morgan fingerprint density at radius 2 is 2.00 bits per heavy atom. The summed E-state index contributed by atoms with van der Waals surface area (Å²) in [7, 11) is 0. The van der Waals surface area contributed by atoms with Crippen LogP contribution in [-0.4, -0.2) is 18.4 Å². The number of carbonyl (C=O) groups excluding carboxylic acids is 2. The zero-order valence-electron chi connectivity index (χ0n) is 12.9. The van der Waals surface area contributed by atoms with Crippen molar-refractivity contribution in [1.29, 1.82) is 0 Å². The predicted molar refractivity (Wildman–Crippen MR) is 86.4 cm³/mol. The molecule has 0 aromatic heterocycles. The van der Waals surface area contributed by atoms with E-state index in [0.29, 0.717) is 12.5 Å². The number of amides is 2. The Morgan fingerprint density at radius 1 is 1.27 bits per heavy atom. The normalized spacial score (nSPS) is 11.8. The van der Waals surface area contributed by atoms with Crippen molar-refractivity contribution in [3.63, 3.8) is 0 Å². The minimum absolute atomic E-state index is 0.108. The fraction of sp³-hybridized carbons (Fsp3) is 0.500. The van der Waals surface area contributed by atoms with E-state index in [1.54, 1.807) is 0 Å². The van der Waals surface area contributed by atoms with Crippen molar-refractivity contribution in [3.8, 4) is 0 Å². The van der Waals surface area contributed by atoms with Crippen molar-refractivity contribution >= 4 is 29.1 Å². The van der Waals surface area contributed by atoms with Gasteiger partial charge in [-0.2, -0.15) is 0 Å². The van der Waals surface area contributed by atoms with Crippen LogP contribution in [-0.2, 0) is 9.59 Å². The summed E-state index contributed by atoms with van der Waals surface area (Å²) in [6, 6.07) is 3.74. The summed E-state index contributed by atoms with van der Waals surface area (Å²) in [5.74, 6) is -1.69. The van der Waals surface area contributed by atoms with E-state index >= 15 is 0 Å². The average Bonchev–Trinajstić information content (AvgIpc) is 2.50. The summed E-state index contributed by atoms with van der Waals surface area (Å²) < 4.78 is 13.0. The van der Waals surface area contributed by atoms with E-state index in [9.17, 15) is 14.0 Å². The fourth-order valence-corrected chi connectivity index (χ4v) is 2.20. The zero-order chi connectivity index (χ0) is 16.5. The number of hydrogen-bond donors (Lipinski definition) is 2. The molecule has 1 aromatic rings. The maximum Gasteiger partial charge on any atom is 0.313 e. The van der Waals surface area contributed by atoms with Crippen LogP contribution < -0.4 is 10.6 Å². The minimum atomic E-state index is -0.784. The van der Waals surface area contributed by atoms with Crippen LogP contribution in [0.5, 0.6) is 0 Å². The lowest BCUT2D eigenvalue weighted by Gasteiger charge is -2.15. The fourth-order valence-electron chi connectivity index (χ4n) is 2.02. The van der Waals surface area contributed by atoms with Gasteiger partial charge in [0, 0.05) is 12.2 Å². The Balaban J connectivity index is 2.47. The largest absolute Gasteiger partial charge is 0.348 e. The van der Waals surface area contributed by atoms with Gasteiger partial charge in [0.15, 0.2) is 0 Å². The van der Waals surface area contributed by atoms with Gasteiger partial charge in [-0.3, -0.25) is 9.59 Å². The van der Waals surface area contributed by atoms with Gasteiger partial charge in [-0.1, -0.05) is 44.7 Å². The first kappa shape index (κ1) is 18.4. The lowest BCUT2D eigenvalue weighted by molar-refractivity contribution is -0.136. The van der Waals surface area contributed by atoms with Crippen LogP contribution in [0, 0.1) is 11.7 Å². The second-order valence-corrected chi connectivity index (χ2v) is 5.62. The van der Waals surface area contributed by atoms with E-state index in [1.807, 2.05) is 0 Å². The summed E-state index contributed by atoms with van der Waals surface area (Å²) in [6.07, 6.45) is 4.20. The quantitative estimate of drug-likeness (QED) is 0.749. The van der Waals surface area contributed by atoms with Crippen LogP contribution >= 0.6 is 11.6 Å². The van der Waals surface area contributed by atoms with Crippen molar-refractivity contribution in [2.75, 3.05) is 11.9 Å². The highest BCUT2D eigenvalue weighted by molar-refractivity contribution is 6.39. The minimum Gasteiger partial charge on any atom is -0.348 e. The molecule has 1 rings (SSSR count). The zero-order valence-corrected chi connectivity index (χ0v) is 13.7. The van der Waals surface area contributed by atoms with Crippen molar-refractivity contribution in [2.24, 2.45) is 5.92 Å². The van der Waals surface area contributed by atoms with Crippen LogP contribution in [0.1, 0.15) is 39.5 Å². The molecule has 0 fully saturated rings. The molecule has 0 radical (unpaired) electrons. The number of halogens is 2. The number of nitrogens with one attached hydrogen (secondary N) is 2. The monoisotopic (exact) mass is 328 g/mol. The van der Waals surface area contributed by atoms with Crippen LogP contribution in [0.2, 0.25) is 5.02 Å². The molecular weight excluding hydrogens is 307 g/mol. The number of hydrogen-bond acceptors (Lipinski definition) is 2. The van der Waals surface area contributed by atoms with Crippen LogP contribution in [0.3, 0.4) is 0 Å². The molecule has 2 N–H and O–H groups in total. The molecule has 0 spiro atoms. The van der Waals surface area contributed by atoms with E-state index < -0.39 is 17.6 Å². The summed E-state index contributed by atoms with van der Waals surface area (Å²) in [6.45, 7) is 4.66. The van der Waals surface area contributed by atoms with Gasteiger partial charge in [-0.25, -0.2) is 4.39 Å². The van der Waals surface area contributed by atoms with Gasteiger partial charge < -0.3 is 10.6 Å². The van der Waals surface area contributed by atoms with Gasteiger partial charge in [-0.05, 0) is 30.5 Å². The average molecular weight is 329 g/mol. The molecule has 6 heteroatoms. The molecule has 0 aliphatic carbocycles. The van der Waals surface area contributed by atoms with Gasteiger partial charge >= 0.3 is 11.8 Å². The van der Waals surface area contributed by atoms with Gasteiger partial charge in [0.2, 0.25) is 0 Å². The first-order valence-corrected chi connectivity index (χ1v) is 7.89. The van der Waals surface area contributed by atoms with Crippen LogP contribution in [0.25, 0.3) is 0 Å². The lowest BCUT2D eigenvalue weighted by atomic mass is 9.99. The number of benzene rings is 1. The Morgan fingerprint density at radius 3 is 2.59 bits per heavy atom. The molecule has 0 saturated carbocycles. The Kier molecular flexibility index (Phi) is 7.88. The summed E-state index contributed by atoms with van der Waals surface area (Å²) in [5, 5.41) is 4.92. The highest BCUT2D eigenvalue weighted by Crippen LogP contribution is 2.19. The number of carbonyl (C=O) groups is 2. The topological polar surface area (TPSA) is 58.2 Å². The van der Waals surface area contributed by atoms with Crippen molar-refractivity contribution in [1.82, 2.24) is 5.32 Å². The third-order valence-corrected chi connectivity index (χ3v) is 3.77. The molecule has 0 bridgehead atoms. The van der Waals surface area contributed by atoms with Crippen molar-refractivity contribution in [2.45, 2.75) is 39.5 Å². The van der Waals surface area contributed by atoms with E-state index in [1.165, 1.54) is 12.1 Å². The maximum atomic E-state index is 13.0. The second kappa shape index (κ2) is 9.41. The Bertz CT molecular complexity index is 523. The molecule has 2 amide bonds. The number of anilines is 1. The van der Waals surface area contributed by atoms with Gasteiger partial charge in [0.05, 0.1) is 5.02 Å². The molecule has 1 aromatic carbocycles. The maximum absolute atomic E-state index is 13.0. The molecular formula is C16H22ClFN2O2. The van der Waals surface area contributed by atoms with Crippen LogP contribution in [0.15, 0.2) is 18.2 Å². The molecule has 122 valence electrons. The highest BCUT2D eigenvalue weighted by Gasteiger charge is 2.16. The molecule has 22 heavy (non-hydrogen) atoms. The Labute approximate surface area is 135 Å². The molecule has 0 unspecified atom stereocenters. The van der Waals surface area contributed by atoms with Gasteiger partial charge in [0.1, 0.15) is 5.82 Å². The molecule has 1 atom stereocenters. The second-order valence-electron chi connectivity index (χ2n) is 5.21. The van der Waals surface area contributed by atoms with E-state index in [0.717, 1.165) is 31.7 Å². The molecule has 0 aliphatic rings. The van der Waals surface area contributed by atoms with Crippen molar-refractivity contribution < 1.29 is 14.0 Å². The summed E-state index contributed by atoms with van der Waals surface area (Å²) in [5.41, 5.74) is 0.282. The lowest BCUT2D eigenvalue weighted by Crippen LogP contribution is -2.38. The predicted octanol–water partition coefficient (Wildman–Crippen LogP) is 3.75. The van der Waals surface area contributed by atoms with Gasteiger partial charge in [0.25, 0.3) is 0 Å². The summed E-state index contributed by atoms with van der Waals surface area (Å²) >= 11 is 5.62. The molecule has 0 heterocycles. The van der Waals surface area contributed by atoms with E-state index in [2.05, 4.69) is 24.5 Å². The van der Waals surface area contributed by atoms with E-state index in [-0.39, 0.29) is 10.7 Å². The smallest absolute Gasteiger partial charge is 0.313 e. The first-order chi connectivity index (χ1) is 10.5. The third-order valence-electron chi connectivity index (χ3n) is 3.48. The summed E-state index contributed by atoms with van der Waals surface area (Å²) in [4.78, 5) is 23.5. The molecule has 4 nitrogen and oxygen atoms in total. The first-order valence-electron chi connectivity index (χ1n) is 7.52. The highest BCUT2D eigenvalue weighted by atomic mass is 35.5.